The van der Waals surface area contributed by atoms with Crippen molar-refractivity contribution in [2.75, 3.05) is 7.11 Å². The van der Waals surface area contributed by atoms with Gasteiger partial charge in [-0.05, 0) is 93.7 Å². The maximum Gasteiger partial charge on any atom is 0.271 e. The minimum absolute atomic E-state index is 0.264. The lowest BCUT2D eigenvalue weighted by molar-refractivity contribution is 0.0955. The van der Waals surface area contributed by atoms with E-state index in [0.717, 1.165) is 24.1 Å². The topological polar surface area (TPSA) is 55.6 Å². The van der Waals surface area contributed by atoms with E-state index in [1.807, 2.05) is 53.4 Å². The summed E-state index contributed by atoms with van der Waals surface area (Å²) in [5.41, 5.74) is 4.90. The summed E-state index contributed by atoms with van der Waals surface area (Å²) in [7, 11) is 1.62. The Bertz CT molecular complexity index is 936. The molecule has 0 bridgehead atoms. The molecule has 0 saturated carbocycles. The lowest BCUT2D eigenvalue weighted by Crippen LogP contribution is -2.17. The summed E-state index contributed by atoms with van der Waals surface area (Å²) < 4.78 is 9.44. The molecule has 0 aliphatic heterocycles. The third-order valence-electron chi connectivity index (χ3n) is 3.64. The van der Waals surface area contributed by atoms with Crippen molar-refractivity contribution in [1.29, 1.82) is 0 Å². The molecule has 1 heterocycles. The average Bonchev–Trinajstić information content (AvgIpc) is 3.16. The quantitative estimate of drug-likeness (QED) is 0.280. The summed E-state index contributed by atoms with van der Waals surface area (Å²) in [4.78, 5) is 12.3. The number of benzene rings is 2. The standard InChI is InChI=1S/C19H15I2N3O2/c1-26-18-14(10-15(20)11-17(18)21)12-22-23-19(25)13-4-6-16(7-5-13)24-8-2-3-9-24/h2-12H,1H3,(H,23,25)/b22-12+. The Morgan fingerprint density at radius 2 is 1.85 bits per heavy atom. The van der Waals surface area contributed by atoms with Gasteiger partial charge in [0.05, 0.1) is 16.9 Å². The van der Waals surface area contributed by atoms with Gasteiger partial charge in [0.25, 0.3) is 5.91 Å². The summed E-state index contributed by atoms with van der Waals surface area (Å²) in [6.45, 7) is 0. The number of hydrazone groups is 1. The highest BCUT2D eigenvalue weighted by molar-refractivity contribution is 14.1. The number of aromatic nitrogens is 1. The van der Waals surface area contributed by atoms with Gasteiger partial charge in [0.1, 0.15) is 5.75 Å². The Balaban J connectivity index is 1.70. The molecular formula is C19H15I2N3O2. The number of carbonyl (C=O) groups excluding carboxylic acids is 1. The highest BCUT2D eigenvalue weighted by Gasteiger charge is 2.08. The van der Waals surface area contributed by atoms with Crippen molar-refractivity contribution in [2.24, 2.45) is 5.10 Å². The van der Waals surface area contributed by atoms with Gasteiger partial charge in [-0.2, -0.15) is 5.10 Å². The van der Waals surface area contributed by atoms with E-state index < -0.39 is 0 Å². The first-order chi connectivity index (χ1) is 12.6. The fourth-order valence-corrected chi connectivity index (χ4v) is 4.52. The van der Waals surface area contributed by atoms with Crippen molar-refractivity contribution in [3.05, 3.63) is 79.2 Å². The molecule has 0 unspecified atom stereocenters. The zero-order chi connectivity index (χ0) is 18.5. The first kappa shape index (κ1) is 18.9. The Labute approximate surface area is 178 Å². The van der Waals surface area contributed by atoms with Gasteiger partial charge in [-0.1, -0.05) is 0 Å². The predicted molar refractivity (Wildman–Crippen MR) is 119 cm³/mol. The van der Waals surface area contributed by atoms with Crippen LogP contribution in [0.3, 0.4) is 0 Å². The molecule has 0 aliphatic rings. The van der Waals surface area contributed by atoms with Crippen molar-refractivity contribution in [3.63, 3.8) is 0 Å². The molecule has 0 saturated heterocycles. The molecule has 7 heteroatoms. The van der Waals surface area contributed by atoms with Gasteiger partial charge in [0.2, 0.25) is 0 Å². The predicted octanol–water partition coefficient (Wildman–Crippen LogP) is 4.46. The lowest BCUT2D eigenvalue weighted by atomic mass is 10.2. The second-order valence-corrected chi connectivity index (χ2v) is 7.75. The molecule has 0 fully saturated rings. The largest absolute Gasteiger partial charge is 0.495 e. The van der Waals surface area contributed by atoms with E-state index in [-0.39, 0.29) is 5.91 Å². The van der Waals surface area contributed by atoms with Gasteiger partial charge >= 0.3 is 0 Å². The van der Waals surface area contributed by atoms with E-state index in [4.69, 9.17) is 4.74 Å². The first-order valence-electron chi connectivity index (χ1n) is 7.68. The van der Waals surface area contributed by atoms with E-state index in [0.29, 0.717) is 5.56 Å². The van der Waals surface area contributed by atoms with E-state index in [1.165, 1.54) is 0 Å². The van der Waals surface area contributed by atoms with E-state index >= 15 is 0 Å². The van der Waals surface area contributed by atoms with Crippen LogP contribution in [-0.2, 0) is 0 Å². The van der Waals surface area contributed by atoms with Crippen LogP contribution in [0.25, 0.3) is 5.69 Å². The first-order valence-corrected chi connectivity index (χ1v) is 9.84. The SMILES string of the molecule is COc1c(I)cc(I)cc1/C=N/NC(=O)c1ccc(-n2cccc2)cc1. The van der Waals surface area contributed by atoms with Crippen molar-refractivity contribution in [1.82, 2.24) is 9.99 Å². The van der Waals surface area contributed by atoms with E-state index in [1.54, 1.807) is 25.5 Å². The fourth-order valence-electron chi connectivity index (χ4n) is 2.41. The number of carbonyl (C=O) groups is 1. The van der Waals surface area contributed by atoms with Crippen LogP contribution in [0.4, 0.5) is 0 Å². The van der Waals surface area contributed by atoms with E-state index in [9.17, 15) is 4.79 Å². The summed E-state index contributed by atoms with van der Waals surface area (Å²) in [5.74, 6) is 0.472. The molecule has 3 rings (SSSR count). The molecule has 1 N–H and O–H groups in total. The number of methoxy groups -OCH3 is 1. The highest BCUT2D eigenvalue weighted by atomic mass is 127. The van der Waals surface area contributed by atoms with Gasteiger partial charge in [-0.3, -0.25) is 4.79 Å². The molecule has 2 aromatic carbocycles. The number of halogens is 2. The summed E-state index contributed by atoms with van der Waals surface area (Å²) in [6, 6.07) is 15.2. The van der Waals surface area contributed by atoms with Crippen LogP contribution in [0.1, 0.15) is 15.9 Å². The smallest absolute Gasteiger partial charge is 0.271 e. The number of rotatable bonds is 5. The van der Waals surface area contributed by atoms with Gasteiger partial charge in [-0.15, -0.1) is 0 Å². The van der Waals surface area contributed by atoms with Gasteiger partial charge in [-0.25, -0.2) is 5.43 Å². The average molecular weight is 571 g/mol. The lowest BCUT2D eigenvalue weighted by Gasteiger charge is -2.08. The third-order valence-corrected chi connectivity index (χ3v) is 5.07. The third kappa shape index (κ3) is 4.44. The summed E-state index contributed by atoms with van der Waals surface area (Å²) in [5, 5.41) is 4.06. The summed E-state index contributed by atoms with van der Waals surface area (Å²) >= 11 is 4.45. The summed E-state index contributed by atoms with van der Waals surface area (Å²) in [6.07, 6.45) is 5.50. The number of ether oxygens (including phenoxy) is 1. The minimum Gasteiger partial charge on any atom is -0.495 e. The number of amides is 1. The minimum atomic E-state index is -0.264. The van der Waals surface area contributed by atoms with Crippen molar-refractivity contribution >= 4 is 57.3 Å². The number of hydrogen-bond donors (Lipinski definition) is 1. The molecular weight excluding hydrogens is 556 g/mol. The molecule has 0 atom stereocenters. The molecule has 1 aromatic heterocycles. The Morgan fingerprint density at radius 1 is 1.15 bits per heavy atom. The molecule has 0 spiro atoms. The van der Waals surface area contributed by atoms with Crippen LogP contribution in [0.2, 0.25) is 0 Å². The number of hydrogen-bond acceptors (Lipinski definition) is 3. The van der Waals surface area contributed by atoms with Crippen LogP contribution in [-0.4, -0.2) is 23.8 Å². The Kier molecular flexibility index (Phi) is 6.30. The van der Waals surface area contributed by atoms with Crippen LogP contribution < -0.4 is 10.2 Å². The second kappa shape index (κ2) is 8.67. The second-order valence-electron chi connectivity index (χ2n) is 5.35. The molecule has 5 nitrogen and oxygen atoms in total. The van der Waals surface area contributed by atoms with Crippen molar-refractivity contribution < 1.29 is 9.53 Å². The van der Waals surface area contributed by atoms with Gasteiger partial charge < -0.3 is 9.30 Å². The fraction of sp³-hybridized carbons (Fsp3) is 0.0526. The zero-order valence-electron chi connectivity index (χ0n) is 13.8. The Morgan fingerprint density at radius 3 is 2.50 bits per heavy atom. The monoisotopic (exact) mass is 571 g/mol. The van der Waals surface area contributed by atoms with Crippen LogP contribution in [0, 0.1) is 7.14 Å². The maximum atomic E-state index is 12.3. The molecule has 0 aliphatic carbocycles. The van der Waals surface area contributed by atoms with E-state index in [2.05, 4.69) is 55.7 Å². The number of nitrogens with zero attached hydrogens (tertiary/aromatic N) is 2. The van der Waals surface area contributed by atoms with Crippen molar-refractivity contribution in [3.8, 4) is 11.4 Å². The highest BCUT2D eigenvalue weighted by Crippen LogP contribution is 2.26. The van der Waals surface area contributed by atoms with Crippen molar-refractivity contribution in [2.45, 2.75) is 0 Å². The molecule has 132 valence electrons. The van der Waals surface area contributed by atoms with Crippen LogP contribution >= 0.6 is 45.2 Å². The normalized spacial score (nSPS) is 10.9. The van der Waals surface area contributed by atoms with Gasteiger partial charge in [0.15, 0.2) is 0 Å². The Hall–Kier alpha value is -1.88. The molecule has 0 radical (unpaired) electrons. The van der Waals surface area contributed by atoms with Crippen LogP contribution in [0.15, 0.2) is 66.0 Å². The molecule has 26 heavy (non-hydrogen) atoms. The maximum absolute atomic E-state index is 12.3. The van der Waals surface area contributed by atoms with Gasteiger partial charge in [0, 0.05) is 32.8 Å². The molecule has 1 amide bonds. The zero-order valence-corrected chi connectivity index (χ0v) is 18.1. The van der Waals surface area contributed by atoms with Crippen LogP contribution in [0.5, 0.6) is 5.75 Å². The molecule has 3 aromatic rings. The number of nitrogens with one attached hydrogen (secondary N) is 1.